The summed E-state index contributed by atoms with van der Waals surface area (Å²) in [6.45, 7) is 8.57. The lowest BCUT2D eigenvalue weighted by Crippen LogP contribution is -2.37. The highest BCUT2D eigenvalue weighted by molar-refractivity contribution is 5.97. The minimum atomic E-state index is 0.0894. The first-order valence-corrected chi connectivity index (χ1v) is 11.1. The van der Waals surface area contributed by atoms with E-state index < -0.39 is 0 Å². The minimum absolute atomic E-state index is 0.0894. The first-order chi connectivity index (χ1) is 13.8. The van der Waals surface area contributed by atoms with Crippen LogP contribution in [0.2, 0.25) is 0 Å². The Labute approximate surface area is 170 Å². The van der Waals surface area contributed by atoms with Crippen LogP contribution in [-0.2, 0) is 4.74 Å². The fourth-order valence-electron chi connectivity index (χ4n) is 4.39. The van der Waals surface area contributed by atoms with Gasteiger partial charge in [-0.3, -0.25) is 4.79 Å². The van der Waals surface area contributed by atoms with Crippen LogP contribution in [-0.4, -0.2) is 68.3 Å². The molecular weight excluding hydrogens is 352 g/mol. The van der Waals surface area contributed by atoms with E-state index >= 15 is 0 Å². The van der Waals surface area contributed by atoms with E-state index in [0.29, 0.717) is 31.1 Å². The molecule has 1 saturated heterocycles. The molecule has 5 heteroatoms. The van der Waals surface area contributed by atoms with Crippen LogP contribution in [0, 0.1) is 5.92 Å². The van der Waals surface area contributed by atoms with Crippen LogP contribution < -0.4 is 4.74 Å². The van der Waals surface area contributed by atoms with Crippen molar-refractivity contribution in [3.63, 3.8) is 0 Å². The molecule has 0 N–H and O–H groups in total. The van der Waals surface area contributed by atoms with Crippen LogP contribution in [0.3, 0.4) is 0 Å². The lowest BCUT2D eigenvalue weighted by atomic mass is 9.89. The maximum absolute atomic E-state index is 13.2. The van der Waals surface area contributed by atoms with E-state index in [9.17, 15) is 4.79 Å². The van der Waals surface area contributed by atoms with Gasteiger partial charge in [0.2, 0.25) is 0 Å². The Bertz CT molecular complexity index is 601. The third kappa shape index (κ3) is 6.21. The summed E-state index contributed by atoms with van der Waals surface area (Å²) >= 11 is 0. The monoisotopic (exact) mass is 388 g/mol. The van der Waals surface area contributed by atoms with Crippen molar-refractivity contribution < 1.29 is 14.3 Å². The predicted molar refractivity (Wildman–Crippen MR) is 112 cm³/mol. The molecule has 3 rings (SSSR count). The van der Waals surface area contributed by atoms with Crippen molar-refractivity contribution in [2.45, 2.75) is 45.4 Å². The SMILES string of the molecule is CCOCCOc1ccccc1C(=O)N1CCCN(CC2CCCCC2)CC1. The fourth-order valence-corrected chi connectivity index (χ4v) is 4.39. The van der Waals surface area contributed by atoms with Crippen LogP contribution >= 0.6 is 0 Å². The lowest BCUT2D eigenvalue weighted by Gasteiger charge is -2.29. The third-order valence-electron chi connectivity index (χ3n) is 5.92. The molecule has 0 aromatic heterocycles. The standard InChI is InChI=1S/C23H36N2O3/c1-2-27-17-18-28-22-12-7-6-11-21(22)23(26)25-14-8-13-24(15-16-25)19-20-9-4-3-5-10-20/h6-7,11-12,20H,2-5,8-10,13-19H2,1H3. The Hall–Kier alpha value is -1.59. The number of hydrogen-bond acceptors (Lipinski definition) is 4. The molecule has 1 aromatic carbocycles. The molecule has 0 atom stereocenters. The highest BCUT2D eigenvalue weighted by Gasteiger charge is 2.24. The van der Waals surface area contributed by atoms with Gasteiger partial charge in [-0.25, -0.2) is 0 Å². The van der Waals surface area contributed by atoms with Gasteiger partial charge in [0.1, 0.15) is 12.4 Å². The van der Waals surface area contributed by atoms with Crippen molar-refractivity contribution in [1.82, 2.24) is 9.80 Å². The number of ether oxygens (including phenoxy) is 2. The minimum Gasteiger partial charge on any atom is -0.490 e. The Kier molecular flexibility index (Phi) is 8.62. The van der Waals surface area contributed by atoms with E-state index in [0.717, 1.165) is 38.5 Å². The van der Waals surface area contributed by atoms with Gasteiger partial charge in [0.25, 0.3) is 5.91 Å². The second kappa shape index (κ2) is 11.4. The van der Waals surface area contributed by atoms with Gasteiger partial charge < -0.3 is 19.3 Å². The van der Waals surface area contributed by atoms with E-state index in [-0.39, 0.29) is 5.91 Å². The first kappa shape index (κ1) is 21.1. The average Bonchev–Trinajstić information content (AvgIpc) is 2.97. The number of rotatable bonds is 8. The maximum atomic E-state index is 13.2. The zero-order valence-corrected chi connectivity index (χ0v) is 17.4. The number of carbonyl (C=O) groups excluding carboxylic acids is 1. The Balaban J connectivity index is 1.54. The lowest BCUT2D eigenvalue weighted by molar-refractivity contribution is 0.0749. The molecule has 1 saturated carbocycles. The van der Waals surface area contributed by atoms with E-state index in [1.165, 1.54) is 38.6 Å². The quantitative estimate of drug-likeness (QED) is 0.635. The van der Waals surface area contributed by atoms with Crippen LogP contribution in [0.25, 0.3) is 0 Å². The van der Waals surface area contributed by atoms with Crippen LogP contribution in [0.4, 0.5) is 0 Å². The Morgan fingerprint density at radius 3 is 2.64 bits per heavy atom. The molecule has 0 unspecified atom stereocenters. The zero-order chi connectivity index (χ0) is 19.6. The Morgan fingerprint density at radius 1 is 1.00 bits per heavy atom. The van der Waals surface area contributed by atoms with Crippen molar-refractivity contribution in [2.24, 2.45) is 5.92 Å². The second-order valence-corrected chi connectivity index (χ2v) is 7.99. The average molecular weight is 389 g/mol. The molecule has 0 radical (unpaired) electrons. The summed E-state index contributed by atoms with van der Waals surface area (Å²) in [6.07, 6.45) is 8.00. The van der Waals surface area contributed by atoms with Gasteiger partial charge in [-0.2, -0.15) is 0 Å². The maximum Gasteiger partial charge on any atom is 0.257 e. The number of carbonyl (C=O) groups is 1. The molecule has 156 valence electrons. The number of benzene rings is 1. The summed E-state index contributed by atoms with van der Waals surface area (Å²) in [5, 5.41) is 0. The summed E-state index contributed by atoms with van der Waals surface area (Å²) in [5.74, 6) is 1.61. The van der Waals surface area contributed by atoms with Crippen molar-refractivity contribution >= 4 is 5.91 Å². The summed E-state index contributed by atoms with van der Waals surface area (Å²) in [7, 11) is 0. The Morgan fingerprint density at radius 2 is 1.82 bits per heavy atom. The van der Waals surface area contributed by atoms with Gasteiger partial charge in [-0.05, 0) is 50.8 Å². The number of para-hydroxylation sites is 1. The number of amides is 1. The molecule has 1 amide bonds. The first-order valence-electron chi connectivity index (χ1n) is 11.1. The zero-order valence-electron chi connectivity index (χ0n) is 17.4. The highest BCUT2D eigenvalue weighted by Crippen LogP contribution is 2.25. The second-order valence-electron chi connectivity index (χ2n) is 7.99. The molecule has 1 aromatic rings. The molecule has 5 nitrogen and oxygen atoms in total. The molecular formula is C23H36N2O3. The van der Waals surface area contributed by atoms with Crippen LogP contribution in [0.15, 0.2) is 24.3 Å². The third-order valence-corrected chi connectivity index (χ3v) is 5.92. The normalized spacial score (nSPS) is 19.4. The molecule has 28 heavy (non-hydrogen) atoms. The van der Waals surface area contributed by atoms with E-state index in [2.05, 4.69) is 4.90 Å². The molecule has 1 heterocycles. The van der Waals surface area contributed by atoms with E-state index in [4.69, 9.17) is 9.47 Å². The molecule has 1 aliphatic heterocycles. The van der Waals surface area contributed by atoms with Gasteiger partial charge >= 0.3 is 0 Å². The largest absolute Gasteiger partial charge is 0.490 e. The van der Waals surface area contributed by atoms with Gasteiger partial charge in [-0.15, -0.1) is 0 Å². The summed E-state index contributed by atoms with van der Waals surface area (Å²) < 4.78 is 11.2. The molecule has 2 fully saturated rings. The van der Waals surface area contributed by atoms with Crippen molar-refractivity contribution in [1.29, 1.82) is 0 Å². The summed E-state index contributed by atoms with van der Waals surface area (Å²) in [6, 6.07) is 7.59. The van der Waals surface area contributed by atoms with Gasteiger partial charge in [0, 0.05) is 32.8 Å². The van der Waals surface area contributed by atoms with Crippen molar-refractivity contribution in [3.05, 3.63) is 29.8 Å². The molecule has 0 bridgehead atoms. The van der Waals surface area contributed by atoms with Gasteiger partial charge in [-0.1, -0.05) is 31.4 Å². The van der Waals surface area contributed by atoms with E-state index in [1.807, 2.05) is 36.1 Å². The van der Waals surface area contributed by atoms with Crippen molar-refractivity contribution in [2.75, 3.05) is 52.5 Å². The van der Waals surface area contributed by atoms with Crippen LogP contribution in [0.5, 0.6) is 5.75 Å². The number of hydrogen-bond donors (Lipinski definition) is 0. The van der Waals surface area contributed by atoms with Gasteiger partial charge in [0.15, 0.2) is 0 Å². The van der Waals surface area contributed by atoms with E-state index in [1.54, 1.807) is 0 Å². The van der Waals surface area contributed by atoms with Crippen LogP contribution in [0.1, 0.15) is 55.8 Å². The molecule has 1 aliphatic carbocycles. The highest BCUT2D eigenvalue weighted by atomic mass is 16.5. The molecule has 0 spiro atoms. The number of nitrogens with zero attached hydrogens (tertiary/aromatic N) is 2. The van der Waals surface area contributed by atoms with Gasteiger partial charge in [0.05, 0.1) is 12.2 Å². The topological polar surface area (TPSA) is 42.0 Å². The summed E-state index contributed by atoms with van der Waals surface area (Å²) in [4.78, 5) is 17.7. The van der Waals surface area contributed by atoms with Crippen molar-refractivity contribution in [3.8, 4) is 5.75 Å². The fraction of sp³-hybridized carbons (Fsp3) is 0.696. The smallest absolute Gasteiger partial charge is 0.257 e. The molecule has 2 aliphatic rings. The summed E-state index contributed by atoms with van der Waals surface area (Å²) in [5.41, 5.74) is 0.666. The predicted octanol–water partition coefficient (Wildman–Crippen LogP) is 3.83.